The minimum absolute atomic E-state index is 0.111. The van der Waals surface area contributed by atoms with Gasteiger partial charge in [0.05, 0.1) is 17.2 Å². The van der Waals surface area contributed by atoms with E-state index in [1.807, 2.05) is 32.9 Å². The molecule has 0 aliphatic rings. The molecule has 1 N–H and O–H groups in total. The predicted octanol–water partition coefficient (Wildman–Crippen LogP) is 3.91. The maximum absolute atomic E-state index is 5.80. The molecule has 19 heavy (non-hydrogen) atoms. The van der Waals surface area contributed by atoms with E-state index in [9.17, 15) is 0 Å². The normalized spacial score (nSPS) is 10.6. The van der Waals surface area contributed by atoms with Gasteiger partial charge in [-0.2, -0.15) is 0 Å². The summed E-state index contributed by atoms with van der Waals surface area (Å²) in [6.07, 6.45) is 1.95. The summed E-state index contributed by atoms with van der Waals surface area (Å²) in [6.45, 7) is 11.8. The van der Waals surface area contributed by atoms with Crippen molar-refractivity contribution in [2.45, 2.75) is 33.4 Å². The lowest BCUT2D eigenvalue weighted by Gasteiger charge is -2.17. The Balaban J connectivity index is 2.95. The number of benzene rings is 1. The number of rotatable bonds is 8. The Morgan fingerprint density at radius 2 is 2.16 bits per heavy atom. The van der Waals surface area contributed by atoms with E-state index in [1.54, 1.807) is 0 Å². The van der Waals surface area contributed by atoms with Gasteiger partial charge in [0, 0.05) is 13.1 Å². The fraction of sp³-hybridized carbons (Fsp3) is 0.467. The summed E-state index contributed by atoms with van der Waals surface area (Å²) in [4.78, 5) is 0. The van der Waals surface area contributed by atoms with Gasteiger partial charge in [-0.25, -0.2) is 0 Å². The Morgan fingerprint density at radius 3 is 2.74 bits per heavy atom. The van der Waals surface area contributed by atoms with Crippen molar-refractivity contribution in [1.82, 2.24) is 5.32 Å². The van der Waals surface area contributed by atoms with Crippen molar-refractivity contribution in [3.8, 4) is 11.5 Å². The Morgan fingerprint density at radius 1 is 1.42 bits per heavy atom. The maximum atomic E-state index is 5.80. The molecule has 1 aromatic rings. The van der Waals surface area contributed by atoms with Gasteiger partial charge in [-0.05, 0) is 54.4 Å². The van der Waals surface area contributed by atoms with Crippen molar-refractivity contribution in [2.24, 2.45) is 0 Å². The van der Waals surface area contributed by atoms with Crippen molar-refractivity contribution in [3.05, 3.63) is 34.8 Å². The van der Waals surface area contributed by atoms with Crippen LogP contribution in [0.25, 0.3) is 0 Å². The predicted molar refractivity (Wildman–Crippen MR) is 83.0 cm³/mol. The van der Waals surface area contributed by atoms with Gasteiger partial charge in [0.25, 0.3) is 0 Å². The molecule has 0 bridgehead atoms. The number of halogens is 1. The summed E-state index contributed by atoms with van der Waals surface area (Å²) in [5.41, 5.74) is 1.15. The largest absolute Gasteiger partial charge is 0.490 e. The van der Waals surface area contributed by atoms with Crippen LogP contribution in [0, 0.1) is 0 Å². The van der Waals surface area contributed by atoms with Gasteiger partial charge in [0.1, 0.15) is 0 Å². The molecule has 0 saturated heterocycles. The summed E-state index contributed by atoms with van der Waals surface area (Å²) in [5, 5.41) is 3.27. The number of hydrogen-bond acceptors (Lipinski definition) is 3. The molecule has 0 atom stereocenters. The van der Waals surface area contributed by atoms with Gasteiger partial charge < -0.3 is 14.8 Å². The first-order valence-electron chi connectivity index (χ1n) is 6.52. The van der Waals surface area contributed by atoms with Gasteiger partial charge in [-0.3, -0.25) is 0 Å². The van der Waals surface area contributed by atoms with Gasteiger partial charge >= 0.3 is 0 Å². The summed E-state index contributed by atoms with van der Waals surface area (Å²) < 4.78 is 12.4. The highest BCUT2D eigenvalue weighted by molar-refractivity contribution is 9.10. The monoisotopic (exact) mass is 327 g/mol. The molecule has 0 aromatic heterocycles. The molecule has 4 heteroatoms. The zero-order valence-electron chi connectivity index (χ0n) is 11.8. The number of nitrogens with one attached hydrogen (secondary N) is 1. The van der Waals surface area contributed by atoms with Crippen LogP contribution in [-0.2, 0) is 6.54 Å². The highest BCUT2D eigenvalue weighted by Crippen LogP contribution is 2.37. The Labute approximate surface area is 124 Å². The zero-order valence-corrected chi connectivity index (χ0v) is 13.4. The van der Waals surface area contributed by atoms with E-state index in [0.717, 1.165) is 34.6 Å². The molecular formula is C15H22BrNO2. The summed E-state index contributed by atoms with van der Waals surface area (Å²) >= 11 is 3.55. The van der Waals surface area contributed by atoms with Crippen LogP contribution in [0.2, 0.25) is 0 Å². The van der Waals surface area contributed by atoms with Crippen LogP contribution >= 0.6 is 15.9 Å². The molecule has 106 valence electrons. The van der Waals surface area contributed by atoms with E-state index in [2.05, 4.69) is 33.9 Å². The van der Waals surface area contributed by atoms with Gasteiger partial charge in [0.15, 0.2) is 11.5 Å². The van der Waals surface area contributed by atoms with E-state index in [0.29, 0.717) is 6.61 Å². The molecule has 1 rings (SSSR count). The molecule has 0 fully saturated rings. The zero-order chi connectivity index (χ0) is 14.3. The highest BCUT2D eigenvalue weighted by atomic mass is 79.9. The van der Waals surface area contributed by atoms with Crippen LogP contribution in [0.3, 0.4) is 0 Å². The van der Waals surface area contributed by atoms with Gasteiger partial charge in [-0.1, -0.05) is 6.08 Å². The SMILES string of the molecule is C=CCNCc1cc(Br)c(OC(C)C)c(OCC)c1. The van der Waals surface area contributed by atoms with Crippen molar-refractivity contribution < 1.29 is 9.47 Å². The van der Waals surface area contributed by atoms with E-state index in [-0.39, 0.29) is 6.10 Å². The van der Waals surface area contributed by atoms with Crippen LogP contribution in [0.4, 0.5) is 0 Å². The lowest BCUT2D eigenvalue weighted by Crippen LogP contribution is -2.13. The third-order valence-corrected chi connectivity index (χ3v) is 2.93. The van der Waals surface area contributed by atoms with E-state index in [4.69, 9.17) is 9.47 Å². The molecule has 0 unspecified atom stereocenters. The minimum Gasteiger partial charge on any atom is -0.490 e. The second kappa shape index (κ2) is 8.23. The maximum Gasteiger partial charge on any atom is 0.175 e. The lowest BCUT2D eigenvalue weighted by molar-refractivity contribution is 0.222. The Bertz CT molecular complexity index is 419. The molecule has 0 aliphatic carbocycles. The van der Waals surface area contributed by atoms with Gasteiger partial charge in [0.2, 0.25) is 0 Å². The number of ether oxygens (including phenoxy) is 2. The molecule has 0 radical (unpaired) electrons. The molecule has 0 heterocycles. The average Bonchev–Trinajstić information content (AvgIpc) is 2.34. The second-order valence-electron chi connectivity index (χ2n) is 4.42. The molecule has 1 aromatic carbocycles. The van der Waals surface area contributed by atoms with E-state index in [1.165, 1.54) is 0 Å². The van der Waals surface area contributed by atoms with Crippen molar-refractivity contribution in [2.75, 3.05) is 13.2 Å². The lowest BCUT2D eigenvalue weighted by atomic mass is 10.2. The Kier molecular flexibility index (Phi) is 6.95. The van der Waals surface area contributed by atoms with Crippen LogP contribution in [0.5, 0.6) is 11.5 Å². The average molecular weight is 328 g/mol. The van der Waals surface area contributed by atoms with Crippen molar-refractivity contribution in [3.63, 3.8) is 0 Å². The molecule has 0 aliphatic heterocycles. The molecule has 0 saturated carbocycles. The first-order valence-corrected chi connectivity index (χ1v) is 7.31. The second-order valence-corrected chi connectivity index (χ2v) is 5.28. The highest BCUT2D eigenvalue weighted by Gasteiger charge is 2.13. The first-order chi connectivity index (χ1) is 9.08. The van der Waals surface area contributed by atoms with Crippen LogP contribution in [0.1, 0.15) is 26.3 Å². The fourth-order valence-corrected chi connectivity index (χ4v) is 2.24. The van der Waals surface area contributed by atoms with Gasteiger partial charge in [-0.15, -0.1) is 6.58 Å². The molecule has 0 spiro atoms. The summed E-state index contributed by atoms with van der Waals surface area (Å²) in [6, 6.07) is 4.07. The van der Waals surface area contributed by atoms with E-state index >= 15 is 0 Å². The quantitative estimate of drug-likeness (QED) is 0.580. The smallest absolute Gasteiger partial charge is 0.175 e. The standard InChI is InChI=1S/C15H22BrNO2/c1-5-7-17-10-12-8-13(16)15(19-11(3)4)14(9-12)18-6-2/h5,8-9,11,17H,1,6-7,10H2,2-4H3. The third kappa shape index (κ3) is 5.25. The third-order valence-electron chi connectivity index (χ3n) is 2.34. The van der Waals surface area contributed by atoms with Crippen molar-refractivity contribution in [1.29, 1.82) is 0 Å². The summed E-state index contributed by atoms with van der Waals surface area (Å²) in [5.74, 6) is 1.55. The topological polar surface area (TPSA) is 30.5 Å². The molecular weight excluding hydrogens is 306 g/mol. The van der Waals surface area contributed by atoms with Crippen molar-refractivity contribution >= 4 is 15.9 Å². The van der Waals surface area contributed by atoms with E-state index < -0.39 is 0 Å². The first kappa shape index (κ1) is 16.1. The van der Waals surface area contributed by atoms with Crippen LogP contribution < -0.4 is 14.8 Å². The Hall–Kier alpha value is -1.00. The molecule has 0 amide bonds. The number of hydrogen-bond donors (Lipinski definition) is 1. The molecule has 3 nitrogen and oxygen atoms in total. The minimum atomic E-state index is 0.111. The fourth-order valence-electron chi connectivity index (χ4n) is 1.66. The summed E-state index contributed by atoms with van der Waals surface area (Å²) in [7, 11) is 0. The van der Waals surface area contributed by atoms with Crippen LogP contribution in [0.15, 0.2) is 29.3 Å². The van der Waals surface area contributed by atoms with Crippen LogP contribution in [-0.4, -0.2) is 19.3 Å².